The number of sulfonamides is 1. The van der Waals surface area contributed by atoms with Crippen LogP contribution in [0.1, 0.15) is 23.1 Å². The number of nitrogens with two attached hydrogens (primary N) is 1. The molecule has 0 atom stereocenters. The molecular formula is C22H23N5O5S. The van der Waals surface area contributed by atoms with Gasteiger partial charge in [-0.05, 0) is 36.6 Å². The molecule has 4 aromatic rings. The van der Waals surface area contributed by atoms with Crippen LogP contribution in [0.3, 0.4) is 0 Å². The van der Waals surface area contributed by atoms with Crippen LogP contribution in [0, 0.1) is 0 Å². The molecule has 172 valence electrons. The molecule has 0 amide bonds. The van der Waals surface area contributed by atoms with Crippen LogP contribution in [0.4, 0.5) is 5.82 Å². The number of nitrogens with one attached hydrogen (secondary N) is 1. The SMILES string of the molecule is COc1ccccc1S(=O)(=O)Nc1noc2cc(Cn3cc(CN)cn3)c3c(c12)OCCC3. The van der Waals surface area contributed by atoms with Gasteiger partial charge in [-0.1, -0.05) is 17.3 Å². The molecule has 0 saturated carbocycles. The van der Waals surface area contributed by atoms with Crippen LogP contribution < -0.4 is 19.9 Å². The summed E-state index contributed by atoms with van der Waals surface area (Å²) in [4.78, 5) is 0.00412. The first-order chi connectivity index (χ1) is 16.0. The topological polar surface area (TPSA) is 134 Å². The number of rotatable bonds is 7. The van der Waals surface area contributed by atoms with Gasteiger partial charge in [0.05, 0.1) is 26.5 Å². The lowest BCUT2D eigenvalue weighted by Crippen LogP contribution is -2.16. The van der Waals surface area contributed by atoms with Gasteiger partial charge in [0.15, 0.2) is 11.4 Å². The van der Waals surface area contributed by atoms with Gasteiger partial charge in [0.2, 0.25) is 0 Å². The Morgan fingerprint density at radius 1 is 1.30 bits per heavy atom. The smallest absolute Gasteiger partial charge is 0.266 e. The van der Waals surface area contributed by atoms with Crippen molar-refractivity contribution in [2.75, 3.05) is 18.4 Å². The fraction of sp³-hybridized carbons (Fsp3) is 0.273. The molecule has 2 aromatic carbocycles. The first kappa shape index (κ1) is 21.3. The Hall–Kier alpha value is -3.57. The Kier molecular flexibility index (Phi) is 5.43. The van der Waals surface area contributed by atoms with Gasteiger partial charge in [-0.15, -0.1) is 0 Å². The van der Waals surface area contributed by atoms with E-state index in [0.29, 0.717) is 36.4 Å². The van der Waals surface area contributed by atoms with Crippen molar-refractivity contribution in [3.63, 3.8) is 0 Å². The second kappa shape index (κ2) is 8.41. The predicted octanol–water partition coefficient (Wildman–Crippen LogP) is 2.67. The summed E-state index contributed by atoms with van der Waals surface area (Å²) in [6, 6.07) is 8.23. The highest BCUT2D eigenvalue weighted by Crippen LogP contribution is 2.41. The minimum absolute atomic E-state index is 0.00412. The molecule has 5 rings (SSSR count). The summed E-state index contributed by atoms with van der Waals surface area (Å²) in [6.07, 6.45) is 5.27. The van der Waals surface area contributed by atoms with Crippen LogP contribution in [0.5, 0.6) is 11.5 Å². The molecular weight excluding hydrogens is 446 g/mol. The number of ether oxygens (including phenoxy) is 2. The van der Waals surface area contributed by atoms with Crippen LogP contribution in [-0.2, 0) is 29.5 Å². The third-order valence-electron chi connectivity index (χ3n) is 5.57. The van der Waals surface area contributed by atoms with E-state index in [-0.39, 0.29) is 16.5 Å². The van der Waals surface area contributed by atoms with Crippen LogP contribution in [-0.4, -0.2) is 37.1 Å². The van der Waals surface area contributed by atoms with Gasteiger partial charge in [-0.25, -0.2) is 8.42 Å². The zero-order valence-electron chi connectivity index (χ0n) is 17.9. The van der Waals surface area contributed by atoms with E-state index in [1.165, 1.54) is 13.2 Å². The van der Waals surface area contributed by atoms with Crippen molar-refractivity contribution in [1.82, 2.24) is 14.9 Å². The Morgan fingerprint density at radius 2 is 2.15 bits per heavy atom. The molecule has 0 radical (unpaired) electrons. The molecule has 1 aliphatic heterocycles. The van der Waals surface area contributed by atoms with Gasteiger partial charge < -0.3 is 19.7 Å². The number of hydrogen-bond acceptors (Lipinski definition) is 8. The lowest BCUT2D eigenvalue weighted by molar-refractivity contribution is 0.291. The third-order valence-corrected chi connectivity index (χ3v) is 6.95. The molecule has 0 saturated heterocycles. The second-order valence-electron chi connectivity index (χ2n) is 7.71. The van der Waals surface area contributed by atoms with Crippen molar-refractivity contribution in [2.45, 2.75) is 30.8 Å². The largest absolute Gasteiger partial charge is 0.495 e. The Bertz CT molecular complexity index is 1430. The molecule has 10 nitrogen and oxygen atoms in total. The van der Waals surface area contributed by atoms with E-state index in [0.717, 1.165) is 29.5 Å². The van der Waals surface area contributed by atoms with Gasteiger partial charge in [0.25, 0.3) is 10.0 Å². The molecule has 3 N–H and O–H groups in total. The molecule has 33 heavy (non-hydrogen) atoms. The van der Waals surface area contributed by atoms with E-state index < -0.39 is 10.0 Å². The van der Waals surface area contributed by atoms with Crippen molar-refractivity contribution in [3.8, 4) is 11.5 Å². The normalized spacial score (nSPS) is 13.5. The lowest BCUT2D eigenvalue weighted by atomic mass is 9.97. The van der Waals surface area contributed by atoms with Crippen molar-refractivity contribution >= 4 is 26.8 Å². The maximum absolute atomic E-state index is 13.1. The molecule has 0 bridgehead atoms. The second-order valence-corrected chi connectivity index (χ2v) is 9.36. The first-order valence-electron chi connectivity index (χ1n) is 10.4. The lowest BCUT2D eigenvalue weighted by Gasteiger charge is -2.21. The monoisotopic (exact) mass is 469 g/mol. The van der Waals surface area contributed by atoms with Crippen LogP contribution in [0.2, 0.25) is 0 Å². The highest BCUT2D eigenvalue weighted by molar-refractivity contribution is 7.92. The van der Waals surface area contributed by atoms with E-state index >= 15 is 0 Å². The van der Waals surface area contributed by atoms with Crippen LogP contribution >= 0.6 is 0 Å². The molecule has 11 heteroatoms. The fourth-order valence-electron chi connectivity index (χ4n) is 4.03. The standard InChI is InChI=1S/C22H23N5O5S/c1-30-17-6-2-3-7-19(17)33(28,29)26-22-20-18(32-25-22)9-15(16-5-4-8-31-21(16)20)13-27-12-14(10-23)11-24-27/h2-3,6-7,9,11-12H,4-5,8,10,13,23H2,1H3,(H,25,26). The predicted molar refractivity (Wildman–Crippen MR) is 121 cm³/mol. The molecule has 0 unspecified atom stereocenters. The summed E-state index contributed by atoms with van der Waals surface area (Å²) >= 11 is 0. The summed E-state index contributed by atoms with van der Waals surface area (Å²) in [6.45, 7) is 1.44. The van der Waals surface area contributed by atoms with Gasteiger partial charge in [-0.2, -0.15) is 5.10 Å². The summed E-state index contributed by atoms with van der Waals surface area (Å²) in [7, 11) is -2.56. The van der Waals surface area contributed by atoms with E-state index in [1.807, 2.05) is 12.3 Å². The van der Waals surface area contributed by atoms with Gasteiger partial charge in [0, 0.05) is 23.9 Å². The van der Waals surface area contributed by atoms with Crippen LogP contribution in [0.25, 0.3) is 11.0 Å². The number of nitrogens with zero attached hydrogens (tertiary/aromatic N) is 3. The van der Waals surface area contributed by atoms with Crippen molar-refractivity contribution < 1.29 is 22.4 Å². The number of benzene rings is 2. The molecule has 3 heterocycles. The van der Waals surface area contributed by atoms with Gasteiger partial charge in [0.1, 0.15) is 21.8 Å². The van der Waals surface area contributed by atoms with Crippen molar-refractivity contribution in [3.05, 3.63) is 59.4 Å². The molecule has 0 fully saturated rings. The van der Waals surface area contributed by atoms with Gasteiger partial charge in [-0.3, -0.25) is 9.40 Å². The summed E-state index contributed by atoms with van der Waals surface area (Å²) in [5.41, 5.74) is 9.02. The Balaban J connectivity index is 1.57. The number of aromatic nitrogens is 3. The average molecular weight is 470 g/mol. The summed E-state index contributed by atoms with van der Waals surface area (Å²) < 4.78 is 47.3. The average Bonchev–Trinajstić information content (AvgIpc) is 3.45. The summed E-state index contributed by atoms with van der Waals surface area (Å²) in [5.74, 6) is 0.887. The first-order valence-corrected chi connectivity index (χ1v) is 11.9. The highest BCUT2D eigenvalue weighted by atomic mass is 32.2. The number of fused-ring (bicyclic) bond motifs is 3. The van der Waals surface area contributed by atoms with E-state index in [1.54, 1.807) is 29.1 Å². The van der Waals surface area contributed by atoms with Gasteiger partial charge >= 0.3 is 0 Å². The number of anilines is 1. The molecule has 0 aliphatic carbocycles. The maximum Gasteiger partial charge on any atom is 0.266 e. The van der Waals surface area contributed by atoms with Crippen molar-refractivity contribution in [1.29, 1.82) is 0 Å². The minimum Gasteiger partial charge on any atom is -0.495 e. The maximum atomic E-state index is 13.1. The Labute approximate surface area is 190 Å². The third kappa shape index (κ3) is 3.89. The zero-order chi connectivity index (χ0) is 23.0. The molecule has 2 aromatic heterocycles. The van der Waals surface area contributed by atoms with E-state index in [9.17, 15) is 8.42 Å². The minimum atomic E-state index is -3.98. The Morgan fingerprint density at radius 3 is 2.94 bits per heavy atom. The summed E-state index contributed by atoms with van der Waals surface area (Å²) in [5, 5.41) is 8.87. The quantitative estimate of drug-likeness (QED) is 0.422. The highest BCUT2D eigenvalue weighted by Gasteiger charge is 2.27. The fourth-order valence-corrected chi connectivity index (χ4v) is 5.20. The molecule has 0 spiro atoms. The number of para-hydroxylation sites is 1. The van der Waals surface area contributed by atoms with Crippen molar-refractivity contribution in [2.24, 2.45) is 5.73 Å². The van der Waals surface area contributed by atoms with Crippen LogP contribution in [0.15, 0.2) is 52.1 Å². The number of methoxy groups -OCH3 is 1. The molecule has 1 aliphatic rings. The zero-order valence-corrected chi connectivity index (χ0v) is 18.8. The number of hydrogen-bond donors (Lipinski definition) is 2. The van der Waals surface area contributed by atoms with E-state index in [4.69, 9.17) is 19.7 Å². The van der Waals surface area contributed by atoms with E-state index in [2.05, 4.69) is 15.0 Å².